The first-order chi connectivity index (χ1) is 16.5. The van der Waals surface area contributed by atoms with Crippen molar-refractivity contribution in [2.75, 3.05) is 6.54 Å². The van der Waals surface area contributed by atoms with Crippen LogP contribution in [0.3, 0.4) is 0 Å². The van der Waals surface area contributed by atoms with Crippen LogP contribution in [0.2, 0.25) is 0 Å². The molecule has 3 aromatic rings. The van der Waals surface area contributed by atoms with E-state index in [1.54, 1.807) is 0 Å². The Morgan fingerprint density at radius 1 is 0.882 bits per heavy atom. The van der Waals surface area contributed by atoms with Crippen molar-refractivity contribution in [1.29, 1.82) is 5.41 Å². The molecule has 0 bridgehead atoms. The summed E-state index contributed by atoms with van der Waals surface area (Å²) < 4.78 is 0. The number of hydrogen-bond donors (Lipinski definition) is 3. The van der Waals surface area contributed by atoms with Crippen LogP contribution in [0.5, 0.6) is 0 Å². The van der Waals surface area contributed by atoms with Gasteiger partial charge in [0.15, 0.2) is 0 Å². The number of carbonyl (C=O) groups is 2. The lowest BCUT2D eigenvalue weighted by Crippen LogP contribution is -2.43. The van der Waals surface area contributed by atoms with Crippen LogP contribution in [0.1, 0.15) is 36.5 Å². The van der Waals surface area contributed by atoms with Gasteiger partial charge in [-0.15, -0.1) is 0 Å². The maximum Gasteiger partial charge on any atom is 0.323 e. The molecule has 0 aliphatic heterocycles. The SMILES string of the molecule is CCN(C(=N)CCCc1ccc(-c2cccc(CC(=O)O)c2)cc1)C(=O)NCc1ccccc1. The lowest BCUT2D eigenvalue weighted by Gasteiger charge is -2.22. The molecular formula is C28H31N3O3. The third kappa shape index (κ3) is 7.30. The topological polar surface area (TPSA) is 93.5 Å². The van der Waals surface area contributed by atoms with Gasteiger partial charge < -0.3 is 10.4 Å². The summed E-state index contributed by atoms with van der Waals surface area (Å²) in [7, 11) is 0. The predicted molar refractivity (Wildman–Crippen MR) is 135 cm³/mol. The number of aliphatic carboxylic acids is 1. The summed E-state index contributed by atoms with van der Waals surface area (Å²) in [5.41, 5.74) is 4.99. The molecule has 0 atom stereocenters. The molecule has 0 aliphatic rings. The Hall–Kier alpha value is -3.93. The van der Waals surface area contributed by atoms with Gasteiger partial charge in [-0.1, -0.05) is 78.9 Å². The molecule has 176 valence electrons. The van der Waals surface area contributed by atoms with Gasteiger partial charge in [0.25, 0.3) is 0 Å². The number of amides is 2. The molecule has 0 heterocycles. The van der Waals surface area contributed by atoms with Crippen LogP contribution >= 0.6 is 0 Å². The minimum Gasteiger partial charge on any atom is -0.481 e. The highest BCUT2D eigenvalue weighted by Gasteiger charge is 2.16. The number of carboxylic acids is 1. The average molecular weight is 458 g/mol. The van der Waals surface area contributed by atoms with Crippen LogP contribution in [0.25, 0.3) is 11.1 Å². The Labute approximate surface area is 200 Å². The third-order valence-electron chi connectivity index (χ3n) is 5.62. The molecule has 3 rings (SSSR count). The maximum atomic E-state index is 12.5. The van der Waals surface area contributed by atoms with Crippen LogP contribution in [0.4, 0.5) is 4.79 Å². The molecule has 0 aliphatic carbocycles. The Kier molecular flexibility index (Phi) is 8.97. The van der Waals surface area contributed by atoms with Gasteiger partial charge >= 0.3 is 12.0 Å². The molecule has 3 N–H and O–H groups in total. The van der Waals surface area contributed by atoms with Crippen molar-refractivity contribution in [2.45, 2.75) is 39.2 Å². The third-order valence-corrected chi connectivity index (χ3v) is 5.62. The average Bonchev–Trinajstić information content (AvgIpc) is 2.84. The summed E-state index contributed by atoms with van der Waals surface area (Å²) in [4.78, 5) is 25.0. The molecule has 0 saturated carbocycles. The van der Waals surface area contributed by atoms with Crippen LogP contribution in [0.15, 0.2) is 78.9 Å². The lowest BCUT2D eigenvalue weighted by molar-refractivity contribution is -0.136. The predicted octanol–water partition coefficient (Wildman–Crippen LogP) is 5.51. The Balaban J connectivity index is 1.49. The molecule has 3 aromatic carbocycles. The zero-order chi connectivity index (χ0) is 24.3. The van der Waals surface area contributed by atoms with E-state index in [9.17, 15) is 9.59 Å². The first-order valence-corrected chi connectivity index (χ1v) is 11.5. The molecule has 2 amide bonds. The molecule has 34 heavy (non-hydrogen) atoms. The van der Waals surface area contributed by atoms with E-state index in [-0.39, 0.29) is 12.5 Å². The van der Waals surface area contributed by atoms with E-state index in [0.29, 0.717) is 25.3 Å². The highest BCUT2D eigenvalue weighted by Crippen LogP contribution is 2.22. The van der Waals surface area contributed by atoms with Crippen LogP contribution in [-0.4, -0.2) is 34.4 Å². The van der Waals surface area contributed by atoms with Crippen molar-refractivity contribution < 1.29 is 14.7 Å². The molecule has 0 unspecified atom stereocenters. The molecule has 0 spiro atoms. The minimum absolute atomic E-state index is 0.0109. The van der Waals surface area contributed by atoms with Gasteiger partial charge in [-0.3, -0.25) is 15.1 Å². The monoisotopic (exact) mass is 457 g/mol. The van der Waals surface area contributed by atoms with Crippen LogP contribution < -0.4 is 5.32 Å². The molecule has 6 nitrogen and oxygen atoms in total. The fourth-order valence-electron chi connectivity index (χ4n) is 3.82. The fraction of sp³-hybridized carbons (Fsp3) is 0.250. The first-order valence-electron chi connectivity index (χ1n) is 11.5. The second-order valence-corrected chi connectivity index (χ2v) is 8.16. The highest BCUT2D eigenvalue weighted by molar-refractivity contribution is 5.95. The van der Waals surface area contributed by atoms with E-state index in [0.717, 1.165) is 40.7 Å². The van der Waals surface area contributed by atoms with E-state index < -0.39 is 5.97 Å². The normalized spacial score (nSPS) is 10.5. The summed E-state index contributed by atoms with van der Waals surface area (Å²) in [5, 5.41) is 20.3. The van der Waals surface area contributed by atoms with Crippen molar-refractivity contribution in [1.82, 2.24) is 10.2 Å². The van der Waals surface area contributed by atoms with Crippen LogP contribution in [-0.2, 0) is 24.2 Å². The van der Waals surface area contributed by atoms with Gasteiger partial charge in [0, 0.05) is 19.5 Å². The number of nitrogens with one attached hydrogen (secondary N) is 2. The summed E-state index contributed by atoms with van der Waals surface area (Å²) in [5.74, 6) is -0.520. The van der Waals surface area contributed by atoms with Gasteiger partial charge in [0.1, 0.15) is 5.84 Å². The molecule has 0 fully saturated rings. The summed E-state index contributed by atoms with van der Waals surface area (Å²) >= 11 is 0. The number of amidine groups is 1. The lowest BCUT2D eigenvalue weighted by atomic mass is 9.99. The highest BCUT2D eigenvalue weighted by atomic mass is 16.4. The van der Waals surface area contributed by atoms with Crippen molar-refractivity contribution in [3.63, 3.8) is 0 Å². The van der Waals surface area contributed by atoms with E-state index in [1.807, 2.05) is 73.7 Å². The Bertz CT molecular complexity index is 1110. The second kappa shape index (κ2) is 12.3. The van der Waals surface area contributed by atoms with E-state index >= 15 is 0 Å². The maximum absolute atomic E-state index is 12.5. The van der Waals surface area contributed by atoms with Gasteiger partial charge in [0.05, 0.1) is 6.42 Å². The van der Waals surface area contributed by atoms with E-state index in [1.165, 1.54) is 4.90 Å². The minimum atomic E-state index is -0.839. The summed E-state index contributed by atoms with van der Waals surface area (Å²) in [6.07, 6.45) is 2.11. The number of urea groups is 1. The largest absolute Gasteiger partial charge is 0.481 e. The van der Waals surface area contributed by atoms with Crippen molar-refractivity contribution in [2.24, 2.45) is 0 Å². The number of hydrogen-bond acceptors (Lipinski definition) is 3. The first kappa shape index (κ1) is 24.7. The zero-order valence-electron chi connectivity index (χ0n) is 19.5. The number of rotatable bonds is 10. The molecule has 0 saturated heterocycles. The fourth-order valence-corrected chi connectivity index (χ4v) is 3.82. The van der Waals surface area contributed by atoms with E-state index in [2.05, 4.69) is 17.4 Å². The molecule has 0 aromatic heterocycles. The molecule has 0 radical (unpaired) electrons. The molecule has 6 heteroatoms. The van der Waals surface area contributed by atoms with Gasteiger partial charge in [-0.05, 0) is 47.6 Å². The number of carbonyl (C=O) groups excluding carboxylic acids is 1. The van der Waals surface area contributed by atoms with Crippen molar-refractivity contribution in [3.05, 3.63) is 95.6 Å². The van der Waals surface area contributed by atoms with Gasteiger partial charge in [0.2, 0.25) is 0 Å². The second-order valence-electron chi connectivity index (χ2n) is 8.16. The smallest absolute Gasteiger partial charge is 0.323 e. The standard InChI is InChI=1S/C28H31N3O3/c1-2-31(28(34)30-20-22-8-4-3-5-9-22)26(29)13-7-10-21-14-16-24(17-15-21)25-12-6-11-23(18-25)19-27(32)33/h3-6,8-9,11-12,14-18,29H,2,7,10,13,19-20H2,1H3,(H,30,34)(H,32,33). The quantitative estimate of drug-likeness (QED) is 0.277. The van der Waals surface area contributed by atoms with Crippen molar-refractivity contribution in [3.8, 4) is 11.1 Å². The van der Waals surface area contributed by atoms with Crippen molar-refractivity contribution >= 4 is 17.8 Å². The summed E-state index contributed by atoms with van der Waals surface area (Å²) in [6, 6.07) is 25.3. The summed E-state index contributed by atoms with van der Waals surface area (Å²) in [6.45, 7) is 2.77. The number of benzene rings is 3. The number of nitrogens with zero attached hydrogens (tertiary/aromatic N) is 1. The van der Waals surface area contributed by atoms with Gasteiger partial charge in [-0.25, -0.2) is 4.79 Å². The van der Waals surface area contributed by atoms with Gasteiger partial charge in [-0.2, -0.15) is 0 Å². The molecular weight excluding hydrogens is 426 g/mol. The zero-order valence-corrected chi connectivity index (χ0v) is 19.5. The number of aryl methyl sites for hydroxylation is 1. The van der Waals surface area contributed by atoms with E-state index in [4.69, 9.17) is 10.5 Å². The van der Waals surface area contributed by atoms with Crippen LogP contribution in [0, 0.1) is 5.41 Å². The Morgan fingerprint density at radius 3 is 2.26 bits per heavy atom. The Morgan fingerprint density at radius 2 is 1.59 bits per heavy atom. The number of carboxylic acid groups (broad SMARTS) is 1.